The Labute approximate surface area is 62.5 Å². The van der Waals surface area contributed by atoms with E-state index in [0.29, 0.717) is 19.0 Å². The van der Waals surface area contributed by atoms with Crippen molar-refractivity contribution in [3.05, 3.63) is 0 Å². The van der Waals surface area contributed by atoms with Crippen LogP contribution >= 0.6 is 0 Å². The van der Waals surface area contributed by atoms with Crippen molar-refractivity contribution in [2.75, 3.05) is 6.79 Å². The second kappa shape index (κ2) is 3.94. The lowest BCUT2D eigenvalue weighted by Gasteiger charge is -2.28. The first-order chi connectivity index (χ1) is 4.86. The molecule has 2 heteroatoms. The fourth-order valence-electron chi connectivity index (χ4n) is 1.23. The first-order valence-electron chi connectivity index (χ1n) is 4.10. The van der Waals surface area contributed by atoms with Crippen molar-refractivity contribution >= 4 is 0 Å². The molecule has 0 aliphatic carbocycles. The summed E-state index contributed by atoms with van der Waals surface area (Å²) in [5, 5.41) is 0. The third kappa shape index (κ3) is 1.96. The zero-order valence-electron chi connectivity index (χ0n) is 6.80. The average molecular weight is 144 g/mol. The van der Waals surface area contributed by atoms with E-state index in [4.69, 9.17) is 9.47 Å². The van der Waals surface area contributed by atoms with Gasteiger partial charge < -0.3 is 9.47 Å². The molecule has 1 fully saturated rings. The lowest BCUT2D eigenvalue weighted by atomic mass is 10.1. The Morgan fingerprint density at radius 3 is 2.00 bits per heavy atom. The highest BCUT2D eigenvalue weighted by atomic mass is 16.7. The molecule has 2 nitrogen and oxygen atoms in total. The minimum Gasteiger partial charge on any atom is -0.352 e. The van der Waals surface area contributed by atoms with Gasteiger partial charge in [0, 0.05) is 0 Å². The van der Waals surface area contributed by atoms with Gasteiger partial charge in [-0.2, -0.15) is 0 Å². The van der Waals surface area contributed by atoms with Crippen LogP contribution in [0.4, 0.5) is 0 Å². The fourth-order valence-corrected chi connectivity index (χ4v) is 1.23. The maximum atomic E-state index is 5.34. The summed E-state index contributed by atoms with van der Waals surface area (Å²) in [5.74, 6) is 0. The van der Waals surface area contributed by atoms with Crippen molar-refractivity contribution in [3.8, 4) is 0 Å². The van der Waals surface area contributed by atoms with E-state index >= 15 is 0 Å². The molecule has 2 atom stereocenters. The summed E-state index contributed by atoms with van der Waals surface area (Å²) in [5.41, 5.74) is 0. The van der Waals surface area contributed by atoms with E-state index in [-0.39, 0.29) is 0 Å². The van der Waals surface area contributed by atoms with Crippen LogP contribution in [0.1, 0.15) is 33.1 Å². The third-order valence-corrected chi connectivity index (χ3v) is 2.04. The zero-order chi connectivity index (χ0) is 7.40. The Hall–Kier alpha value is -0.0800. The normalized spacial score (nSPS) is 34.2. The smallest absolute Gasteiger partial charge is 0.147 e. The van der Waals surface area contributed by atoms with Gasteiger partial charge in [0.05, 0.1) is 12.2 Å². The van der Waals surface area contributed by atoms with Gasteiger partial charge in [0.15, 0.2) is 0 Å². The molecule has 0 spiro atoms. The van der Waals surface area contributed by atoms with Crippen molar-refractivity contribution in [2.45, 2.75) is 45.3 Å². The van der Waals surface area contributed by atoms with Crippen molar-refractivity contribution in [1.82, 2.24) is 0 Å². The molecule has 1 saturated heterocycles. The fraction of sp³-hybridized carbons (Fsp3) is 1.00. The highest BCUT2D eigenvalue weighted by molar-refractivity contribution is 4.66. The second-order valence-electron chi connectivity index (χ2n) is 2.75. The van der Waals surface area contributed by atoms with E-state index in [0.717, 1.165) is 19.3 Å². The van der Waals surface area contributed by atoms with Crippen LogP contribution in [0.2, 0.25) is 0 Å². The summed E-state index contributed by atoms with van der Waals surface area (Å²) in [7, 11) is 0. The lowest BCUT2D eigenvalue weighted by molar-refractivity contribution is -0.175. The van der Waals surface area contributed by atoms with Gasteiger partial charge in [-0.05, 0) is 19.3 Å². The molecule has 0 saturated carbocycles. The predicted octanol–water partition coefficient (Wildman–Crippen LogP) is 1.94. The van der Waals surface area contributed by atoms with E-state index in [9.17, 15) is 0 Å². The largest absolute Gasteiger partial charge is 0.352 e. The highest BCUT2D eigenvalue weighted by Gasteiger charge is 2.19. The minimum atomic E-state index is 0.443. The van der Waals surface area contributed by atoms with E-state index in [1.165, 1.54) is 0 Å². The van der Waals surface area contributed by atoms with Crippen molar-refractivity contribution in [2.24, 2.45) is 0 Å². The molecule has 0 aromatic rings. The summed E-state index contributed by atoms with van der Waals surface area (Å²) in [4.78, 5) is 0. The van der Waals surface area contributed by atoms with Gasteiger partial charge in [-0.3, -0.25) is 0 Å². The van der Waals surface area contributed by atoms with Crippen molar-refractivity contribution < 1.29 is 9.47 Å². The molecule has 10 heavy (non-hydrogen) atoms. The Bertz CT molecular complexity index is 83.3. The van der Waals surface area contributed by atoms with Crippen LogP contribution in [-0.2, 0) is 9.47 Å². The first-order valence-corrected chi connectivity index (χ1v) is 4.10. The van der Waals surface area contributed by atoms with Crippen LogP contribution in [0.5, 0.6) is 0 Å². The maximum Gasteiger partial charge on any atom is 0.147 e. The third-order valence-electron chi connectivity index (χ3n) is 2.04. The van der Waals surface area contributed by atoms with E-state index < -0.39 is 0 Å². The number of rotatable bonds is 2. The summed E-state index contributed by atoms with van der Waals surface area (Å²) in [6, 6.07) is 0. The first kappa shape index (κ1) is 8.02. The highest BCUT2D eigenvalue weighted by Crippen LogP contribution is 2.17. The molecule has 60 valence electrons. The zero-order valence-corrected chi connectivity index (χ0v) is 6.80. The van der Waals surface area contributed by atoms with Gasteiger partial charge in [-0.25, -0.2) is 0 Å². The van der Waals surface area contributed by atoms with Crippen LogP contribution in [-0.4, -0.2) is 19.0 Å². The second-order valence-corrected chi connectivity index (χ2v) is 2.75. The number of hydrogen-bond donors (Lipinski definition) is 0. The summed E-state index contributed by atoms with van der Waals surface area (Å²) in [6.07, 6.45) is 4.18. The topological polar surface area (TPSA) is 18.5 Å². The quantitative estimate of drug-likeness (QED) is 0.589. The van der Waals surface area contributed by atoms with Crippen LogP contribution < -0.4 is 0 Å². The molecule has 0 N–H and O–H groups in total. The molecule has 1 rings (SSSR count). The van der Waals surface area contributed by atoms with Crippen molar-refractivity contribution in [1.29, 1.82) is 0 Å². The maximum absolute atomic E-state index is 5.34. The van der Waals surface area contributed by atoms with Gasteiger partial charge in [0.2, 0.25) is 0 Å². The van der Waals surface area contributed by atoms with Crippen molar-refractivity contribution in [3.63, 3.8) is 0 Å². The summed E-state index contributed by atoms with van der Waals surface area (Å²) >= 11 is 0. The van der Waals surface area contributed by atoms with E-state index in [2.05, 4.69) is 13.8 Å². The Morgan fingerprint density at radius 1 is 1.10 bits per heavy atom. The standard InChI is InChI=1S/C8H16O2/c1-3-7-5-8(4-2)10-6-9-7/h7-8H,3-6H2,1-2H3. The van der Waals surface area contributed by atoms with Crippen LogP contribution in [0.15, 0.2) is 0 Å². The lowest BCUT2D eigenvalue weighted by Crippen LogP contribution is -2.30. The van der Waals surface area contributed by atoms with Crippen LogP contribution in [0, 0.1) is 0 Å². The number of hydrogen-bond acceptors (Lipinski definition) is 2. The van der Waals surface area contributed by atoms with Gasteiger partial charge in [-0.15, -0.1) is 0 Å². The number of ether oxygens (including phenoxy) is 2. The molecule has 0 aromatic heterocycles. The van der Waals surface area contributed by atoms with Gasteiger partial charge in [-0.1, -0.05) is 13.8 Å². The average Bonchev–Trinajstić information content (AvgIpc) is 2.05. The summed E-state index contributed by atoms with van der Waals surface area (Å²) < 4.78 is 10.7. The van der Waals surface area contributed by atoms with Crippen LogP contribution in [0.3, 0.4) is 0 Å². The molecular formula is C8H16O2. The molecule has 0 amide bonds. The Balaban J connectivity index is 2.25. The van der Waals surface area contributed by atoms with E-state index in [1.807, 2.05) is 0 Å². The molecule has 1 aliphatic heterocycles. The molecule has 0 radical (unpaired) electrons. The Morgan fingerprint density at radius 2 is 1.60 bits per heavy atom. The van der Waals surface area contributed by atoms with Gasteiger partial charge >= 0.3 is 0 Å². The van der Waals surface area contributed by atoms with Gasteiger partial charge in [0.25, 0.3) is 0 Å². The van der Waals surface area contributed by atoms with E-state index in [1.54, 1.807) is 0 Å². The molecule has 0 aromatic carbocycles. The molecule has 0 bridgehead atoms. The minimum absolute atomic E-state index is 0.443. The summed E-state index contributed by atoms with van der Waals surface area (Å²) in [6.45, 7) is 4.81. The molecule has 2 unspecified atom stereocenters. The monoisotopic (exact) mass is 144 g/mol. The predicted molar refractivity (Wildman–Crippen MR) is 39.8 cm³/mol. The van der Waals surface area contributed by atoms with Crippen LogP contribution in [0.25, 0.3) is 0 Å². The molecule has 1 aliphatic rings. The molecule has 1 heterocycles. The Kier molecular flexibility index (Phi) is 3.16. The van der Waals surface area contributed by atoms with Gasteiger partial charge in [0.1, 0.15) is 6.79 Å². The SMILES string of the molecule is CCC1CC(CC)OCO1. The molecular weight excluding hydrogens is 128 g/mol.